The van der Waals surface area contributed by atoms with Crippen molar-refractivity contribution in [3.63, 3.8) is 0 Å². The van der Waals surface area contributed by atoms with Crippen molar-refractivity contribution in [3.8, 4) is 17.2 Å². The Labute approximate surface area is 178 Å². The second-order valence-electron chi connectivity index (χ2n) is 6.12. The summed E-state index contributed by atoms with van der Waals surface area (Å²) in [5.41, 5.74) is 5.11. The Morgan fingerprint density at radius 1 is 1.11 bits per heavy atom. The van der Waals surface area contributed by atoms with Gasteiger partial charge in [-0.25, -0.2) is 4.98 Å². The molecule has 0 aliphatic heterocycles. The van der Waals surface area contributed by atoms with E-state index in [1.165, 1.54) is 0 Å². The van der Waals surface area contributed by atoms with E-state index in [2.05, 4.69) is 48.5 Å². The van der Waals surface area contributed by atoms with Gasteiger partial charge in [0.2, 0.25) is 5.89 Å². The number of aromatic hydroxyl groups is 1. The summed E-state index contributed by atoms with van der Waals surface area (Å²) >= 11 is 5.52. The van der Waals surface area contributed by atoms with Gasteiger partial charge in [0.05, 0.1) is 9.26 Å². The highest BCUT2D eigenvalue weighted by Gasteiger charge is 2.08. The number of fused-ring (bicyclic) bond motifs is 1. The summed E-state index contributed by atoms with van der Waals surface area (Å²) in [7, 11) is 0. The predicted octanol–water partition coefficient (Wildman–Crippen LogP) is 6.63. The minimum absolute atomic E-state index is 0.223. The summed E-state index contributed by atoms with van der Waals surface area (Å²) in [4.78, 5) is 9.00. The van der Waals surface area contributed by atoms with E-state index in [0.29, 0.717) is 11.5 Å². The summed E-state index contributed by atoms with van der Waals surface area (Å²) in [6.07, 6.45) is 1.65. The van der Waals surface area contributed by atoms with Crippen LogP contribution in [0.15, 0.2) is 68.5 Å². The molecule has 0 saturated heterocycles. The summed E-state index contributed by atoms with van der Waals surface area (Å²) in [6, 6.07) is 17.3. The topological polar surface area (TPSA) is 58.6 Å². The van der Waals surface area contributed by atoms with Crippen molar-refractivity contribution in [2.45, 2.75) is 6.92 Å². The second-order valence-corrected chi connectivity index (χ2v) is 8.20. The van der Waals surface area contributed by atoms with Gasteiger partial charge < -0.3 is 9.52 Å². The Bertz CT molecular complexity index is 1170. The standard InChI is InChI=1S/C21H14BrIN2O2/c1-12-2-7-19-18(8-12)25-21(27-19)13-3-5-16(6-4-13)24-11-14-9-15(22)10-17(23)20(14)26/h2-11,26H,1H3. The molecule has 1 aromatic heterocycles. The fraction of sp³-hybridized carbons (Fsp3) is 0.0476. The Morgan fingerprint density at radius 3 is 2.67 bits per heavy atom. The van der Waals surface area contributed by atoms with Crippen LogP contribution in [0.2, 0.25) is 0 Å². The molecule has 0 aliphatic rings. The van der Waals surface area contributed by atoms with E-state index in [0.717, 1.165) is 36.0 Å². The molecule has 0 aliphatic carbocycles. The van der Waals surface area contributed by atoms with E-state index in [9.17, 15) is 5.11 Å². The van der Waals surface area contributed by atoms with Crippen molar-refractivity contribution >= 4 is 61.5 Å². The van der Waals surface area contributed by atoms with Crippen molar-refractivity contribution in [1.82, 2.24) is 4.98 Å². The Hall–Kier alpha value is -2.19. The van der Waals surface area contributed by atoms with Gasteiger partial charge in [0.25, 0.3) is 0 Å². The summed E-state index contributed by atoms with van der Waals surface area (Å²) < 4.78 is 7.50. The molecular formula is C21H14BrIN2O2. The first-order valence-corrected chi connectivity index (χ1v) is 10.1. The van der Waals surface area contributed by atoms with Crippen LogP contribution in [-0.2, 0) is 0 Å². The molecule has 4 aromatic rings. The third-order valence-corrected chi connectivity index (χ3v) is 5.35. The Kier molecular flexibility index (Phi) is 5.01. The SMILES string of the molecule is Cc1ccc2oc(-c3ccc(N=Cc4cc(Br)cc(I)c4O)cc3)nc2c1. The van der Waals surface area contributed by atoms with Gasteiger partial charge in [0.1, 0.15) is 11.3 Å². The zero-order valence-corrected chi connectivity index (χ0v) is 18.0. The smallest absolute Gasteiger partial charge is 0.227 e. The van der Waals surface area contributed by atoms with Gasteiger partial charge in [-0.3, -0.25) is 4.99 Å². The van der Waals surface area contributed by atoms with Crippen molar-refractivity contribution in [3.05, 3.63) is 73.8 Å². The first-order valence-electron chi connectivity index (χ1n) is 8.19. The van der Waals surface area contributed by atoms with E-state index in [1.807, 2.05) is 61.5 Å². The van der Waals surface area contributed by atoms with Gasteiger partial charge in [-0.1, -0.05) is 22.0 Å². The van der Waals surface area contributed by atoms with E-state index in [-0.39, 0.29) is 5.75 Å². The molecule has 0 unspecified atom stereocenters. The Balaban J connectivity index is 1.60. The number of rotatable bonds is 3. The van der Waals surface area contributed by atoms with Crippen LogP contribution in [0.5, 0.6) is 5.75 Å². The lowest BCUT2D eigenvalue weighted by atomic mass is 10.2. The first kappa shape index (κ1) is 18.2. The molecule has 6 heteroatoms. The van der Waals surface area contributed by atoms with Crippen LogP contribution < -0.4 is 0 Å². The minimum Gasteiger partial charge on any atom is -0.506 e. The van der Waals surface area contributed by atoms with Crippen LogP contribution in [0.3, 0.4) is 0 Å². The number of aliphatic imine (C=N–C) groups is 1. The molecule has 0 atom stereocenters. The molecule has 0 saturated carbocycles. The first-order chi connectivity index (χ1) is 13.0. The van der Waals surface area contributed by atoms with Gasteiger partial charge in [-0.15, -0.1) is 0 Å². The summed E-state index contributed by atoms with van der Waals surface area (Å²) in [6.45, 7) is 2.03. The maximum absolute atomic E-state index is 10.1. The molecule has 1 heterocycles. The number of phenols is 1. The number of oxazole rings is 1. The molecule has 0 radical (unpaired) electrons. The fourth-order valence-electron chi connectivity index (χ4n) is 2.68. The maximum atomic E-state index is 10.1. The molecule has 134 valence electrons. The van der Waals surface area contributed by atoms with Gasteiger partial charge in [-0.05, 0) is 83.6 Å². The maximum Gasteiger partial charge on any atom is 0.227 e. The number of aryl methyl sites for hydroxylation is 1. The number of aromatic nitrogens is 1. The predicted molar refractivity (Wildman–Crippen MR) is 120 cm³/mol. The molecular weight excluding hydrogens is 519 g/mol. The van der Waals surface area contributed by atoms with Crippen molar-refractivity contribution < 1.29 is 9.52 Å². The van der Waals surface area contributed by atoms with Crippen molar-refractivity contribution in [2.75, 3.05) is 0 Å². The number of nitrogens with zero attached hydrogens (tertiary/aromatic N) is 2. The third-order valence-electron chi connectivity index (χ3n) is 4.07. The zero-order valence-electron chi connectivity index (χ0n) is 14.3. The van der Waals surface area contributed by atoms with Crippen LogP contribution in [-0.4, -0.2) is 16.3 Å². The number of halogens is 2. The molecule has 0 spiro atoms. The normalized spacial score (nSPS) is 11.5. The second kappa shape index (κ2) is 7.44. The lowest BCUT2D eigenvalue weighted by Gasteiger charge is -2.03. The van der Waals surface area contributed by atoms with E-state index in [1.54, 1.807) is 6.21 Å². The summed E-state index contributed by atoms with van der Waals surface area (Å²) in [5, 5.41) is 10.1. The lowest BCUT2D eigenvalue weighted by molar-refractivity contribution is 0.470. The average molecular weight is 533 g/mol. The van der Waals surface area contributed by atoms with Crippen molar-refractivity contribution in [2.24, 2.45) is 4.99 Å². The average Bonchev–Trinajstić information content (AvgIpc) is 3.07. The van der Waals surface area contributed by atoms with E-state index >= 15 is 0 Å². The van der Waals surface area contributed by atoms with Crippen molar-refractivity contribution in [1.29, 1.82) is 0 Å². The number of phenolic OH excluding ortho intramolecular Hbond substituents is 1. The van der Waals surface area contributed by atoms with Crippen LogP contribution >= 0.6 is 38.5 Å². The van der Waals surface area contributed by atoms with Crippen LogP contribution in [0.25, 0.3) is 22.6 Å². The van der Waals surface area contributed by atoms with Crippen LogP contribution in [0.4, 0.5) is 5.69 Å². The highest BCUT2D eigenvalue weighted by molar-refractivity contribution is 14.1. The van der Waals surface area contributed by atoms with Crippen LogP contribution in [0.1, 0.15) is 11.1 Å². The quantitative estimate of drug-likeness (QED) is 0.238. The molecule has 0 fully saturated rings. The molecule has 27 heavy (non-hydrogen) atoms. The van der Waals surface area contributed by atoms with E-state index < -0.39 is 0 Å². The Morgan fingerprint density at radius 2 is 1.89 bits per heavy atom. The van der Waals surface area contributed by atoms with Gasteiger partial charge in [0.15, 0.2) is 5.58 Å². The highest BCUT2D eigenvalue weighted by Crippen LogP contribution is 2.29. The zero-order chi connectivity index (χ0) is 19.0. The summed E-state index contributed by atoms with van der Waals surface area (Å²) in [5.74, 6) is 0.811. The lowest BCUT2D eigenvalue weighted by Crippen LogP contribution is -1.86. The van der Waals surface area contributed by atoms with E-state index in [4.69, 9.17) is 4.42 Å². The third kappa shape index (κ3) is 3.91. The molecule has 4 rings (SSSR count). The molecule has 3 aromatic carbocycles. The number of hydrogen-bond acceptors (Lipinski definition) is 4. The monoisotopic (exact) mass is 532 g/mol. The highest BCUT2D eigenvalue weighted by atomic mass is 127. The molecule has 4 nitrogen and oxygen atoms in total. The van der Waals surface area contributed by atoms with Gasteiger partial charge in [0, 0.05) is 21.8 Å². The van der Waals surface area contributed by atoms with Gasteiger partial charge in [-0.2, -0.15) is 0 Å². The minimum atomic E-state index is 0.223. The number of benzene rings is 3. The number of hydrogen-bond donors (Lipinski definition) is 1. The fourth-order valence-corrected chi connectivity index (χ4v) is 4.23. The van der Waals surface area contributed by atoms with Crippen LogP contribution in [0, 0.1) is 10.5 Å². The molecule has 0 bridgehead atoms. The van der Waals surface area contributed by atoms with Gasteiger partial charge >= 0.3 is 0 Å². The largest absolute Gasteiger partial charge is 0.506 e. The molecule has 1 N–H and O–H groups in total. The molecule has 0 amide bonds.